The van der Waals surface area contributed by atoms with Gasteiger partial charge in [-0.25, -0.2) is 0 Å². The van der Waals surface area contributed by atoms with E-state index >= 15 is 0 Å². The Morgan fingerprint density at radius 3 is 2.50 bits per heavy atom. The van der Waals surface area contributed by atoms with Crippen molar-refractivity contribution in [2.45, 2.75) is 38.1 Å². The molecule has 0 N–H and O–H groups in total. The van der Waals surface area contributed by atoms with Gasteiger partial charge in [0.05, 0.1) is 5.75 Å². The van der Waals surface area contributed by atoms with Crippen molar-refractivity contribution < 1.29 is 9.53 Å². The number of halogens is 1. The maximum Gasteiger partial charge on any atom is 0.192 e. The van der Waals surface area contributed by atoms with Crippen LogP contribution in [0.4, 0.5) is 0 Å². The van der Waals surface area contributed by atoms with E-state index in [1.165, 1.54) is 17.3 Å². The minimum absolute atomic E-state index is 0.0451. The van der Waals surface area contributed by atoms with Crippen LogP contribution >= 0.6 is 27.7 Å². The van der Waals surface area contributed by atoms with E-state index in [0.717, 1.165) is 10.2 Å². The van der Waals surface area contributed by atoms with E-state index in [1.807, 2.05) is 41.0 Å². The van der Waals surface area contributed by atoms with Gasteiger partial charge in [0, 0.05) is 16.6 Å². The van der Waals surface area contributed by atoms with Gasteiger partial charge < -0.3 is 4.74 Å². The second kappa shape index (κ2) is 10.6. The summed E-state index contributed by atoms with van der Waals surface area (Å²) in [6, 6.07) is 15.4. The molecule has 0 aliphatic heterocycles. The monoisotopic (exact) mass is 485 g/mol. The highest BCUT2D eigenvalue weighted by molar-refractivity contribution is 9.10. The maximum absolute atomic E-state index is 12.5. The van der Waals surface area contributed by atoms with E-state index in [1.54, 1.807) is 6.08 Å². The van der Waals surface area contributed by atoms with E-state index in [4.69, 9.17) is 4.74 Å². The fourth-order valence-electron chi connectivity index (χ4n) is 2.79. The van der Waals surface area contributed by atoms with Crippen LogP contribution in [0.25, 0.3) is 0 Å². The van der Waals surface area contributed by atoms with Gasteiger partial charge in [-0.3, -0.25) is 9.36 Å². The normalized spacial score (nSPS) is 10.9. The lowest BCUT2D eigenvalue weighted by Crippen LogP contribution is -2.09. The highest BCUT2D eigenvalue weighted by Gasteiger charge is 2.15. The van der Waals surface area contributed by atoms with E-state index in [2.05, 4.69) is 58.7 Å². The predicted molar refractivity (Wildman–Crippen MR) is 124 cm³/mol. The number of nitrogens with zero attached hydrogens (tertiary/aromatic N) is 3. The van der Waals surface area contributed by atoms with Crippen LogP contribution in [-0.4, -0.2) is 26.3 Å². The number of carbonyl (C=O) groups excluding carboxylic acids is 1. The molecule has 0 bridgehead atoms. The summed E-state index contributed by atoms with van der Waals surface area (Å²) in [7, 11) is 0. The zero-order valence-corrected chi connectivity index (χ0v) is 19.4. The number of rotatable bonds is 10. The number of Topliss-reactive ketones (excluding diaryl/α,β-unsaturated/α-hetero) is 1. The Labute approximate surface area is 189 Å². The molecule has 0 aliphatic rings. The number of thioether (sulfide) groups is 1. The summed E-state index contributed by atoms with van der Waals surface area (Å²) in [5, 5.41) is 9.19. The van der Waals surface area contributed by atoms with Crippen LogP contribution in [0.3, 0.4) is 0 Å². The lowest BCUT2D eigenvalue weighted by atomic mass is 10.0. The minimum Gasteiger partial charge on any atom is -0.486 e. The van der Waals surface area contributed by atoms with Crippen molar-refractivity contribution in [1.29, 1.82) is 0 Å². The van der Waals surface area contributed by atoms with Gasteiger partial charge in [-0.1, -0.05) is 71.9 Å². The molecule has 3 aromatic rings. The van der Waals surface area contributed by atoms with Gasteiger partial charge in [-0.05, 0) is 35.7 Å². The molecule has 0 saturated heterocycles. The summed E-state index contributed by atoms with van der Waals surface area (Å²) in [5.74, 6) is 2.29. The van der Waals surface area contributed by atoms with Crippen LogP contribution in [-0.2, 0) is 13.2 Å². The Kier molecular flexibility index (Phi) is 7.87. The first-order chi connectivity index (χ1) is 14.5. The molecule has 0 atom stereocenters. The number of ketones is 1. The van der Waals surface area contributed by atoms with E-state index in [0.29, 0.717) is 35.6 Å². The Morgan fingerprint density at radius 1 is 1.17 bits per heavy atom. The number of ether oxygens (including phenoxy) is 1. The van der Waals surface area contributed by atoms with Gasteiger partial charge in [-0.15, -0.1) is 16.8 Å². The van der Waals surface area contributed by atoms with Crippen molar-refractivity contribution in [2.24, 2.45) is 0 Å². The number of carbonyl (C=O) groups is 1. The maximum atomic E-state index is 12.5. The summed E-state index contributed by atoms with van der Waals surface area (Å²) >= 11 is 4.75. The summed E-state index contributed by atoms with van der Waals surface area (Å²) < 4.78 is 8.77. The number of benzene rings is 2. The molecular formula is C23H24BrN3O2S. The van der Waals surface area contributed by atoms with Crippen molar-refractivity contribution in [1.82, 2.24) is 14.8 Å². The van der Waals surface area contributed by atoms with Crippen molar-refractivity contribution >= 4 is 33.5 Å². The highest BCUT2D eigenvalue weighted by atomic mass is 79.9. The molecule has 1 aromatic heterocycles. The van der Waals surface area contributed by atoms with Crippen LogP contribution in [0.2, 0.25) is 0 Å². The summed E-state index contributed by atoms with van der Waals surface area (Å²) in [6.45, 7) is 8.98. The third-order valence-corrected chi connectivity index (χ3v) is 6.01. The topological polar surface area (TPSA) is 57.0 Å². The van der Waals surface area contributed by atoms with Crippen molar-refractivity contribution in [2.75, 3.05) is 5.75 Å². The Hall–Kier alpha value is -2.38. The van der Waals surface area contributed by atoms with E-state index in [9.17, 15) is 4.79 Å². The van der Waals surface area contributed by atoms with Gasteiger partial charge in [-0.2, -0.15) is 0 Å². The number of hydrogen-bond donors (Lipinski definition) is 0. The van der Waals surface area contributed by atoms with Crippen LogP contribution in [0.1, 0.15) is 41.5 Å². The van der Waals surface area contributed by atoms with Gasteiger partial charge in [0.25, 0.3) is 0 Å². The molecular weight excluding hydrogens is 462 g/mol. The largest absolute Gasteiger partial charge is 0.486 e. The van der Waals surface area contributed by atoms with E-state index < -0.39 is 0 Å². The summed E-state index contributed by atoms with van der Waals surface area (Å²) in [6.07, 6.45) is 1.78. The molecule has 2 aromatic carbocycles. The van der Waals surface area contributed by atoms with Gasteiger partial charge >= 0.3 is 0 Å². The zero-order chi connectivity index (χ0) is 21.5. The Bertz CT molecular complexity index is 998. The second-order valence-corrected chi connectivity index (χ2v) is 8.89. The lowest BCUT2D eigenvalue weighted by Gasteiger charge is -2.10. The number of hydrogen-bond acceptors (Lipinski definition) is 5. The molecule has 0 aliphatic carbocycles. The third-order valence-electron chi connectivity index (χ3n) is 4.52. The van der Waals surface area contributed by atoms with Crippen LogP contribution < -0.4 is 4.74 Å². The first kappa shape index (κ1) is 22.3. The Morgan fingerprint density at radius 2 is 1.87 bits per heavy atom. The molecule has 0 saturated carbocycles. The average Bonchev–Trinajstić information content (AvgIpc) is 3.13. The fourth-order valence-corrected chi connectivity index (χ4v) is 3.92. The minimum atomic E-state index is 0.0451. The molecule has 30 heavy (non-hydrogen) atoms. The first-order valence-corrected chi connectivity index (χ1v) is 11.4. The zero-order valence-electron chi connectivity index (χ0n) is 17.0. The SMILES string of the molecule is C=CCn1c(COc2ccc(C(C)C)cc2)nnc1SCC(=O)c1ccc(Br)cc1. The van der Waals surface area contributed by atoms with Crippen molar-refractivity contribution in [3.8, 4) is 5.75 Å². The molecule has 3 rings (SSSR count). The first-order valence-electron chi connectivity index (χ1n) is 9.65. The van der Waals surface area contributed by atoms with Crippen LogP contribution in [0.5, 0.6) is 5.75 Å². The van der Waals surface area contributed by atoms with Crippen molar-refractivity contribution in [3.05, 3.63) is 82.6 Å². The number of aromatic nitrogens is 3. The number of allylic oxidation sites excluding steroid dienone is 1. The van der Waals surface area contributed by atoms with Crippen LogP contribution in [0.15, 0.2) is 70.8 Å². The summed E-state index contributed by atoms with van der Waals surface area (Å²) in [4.78, 5) is 12.5. The molecule has 0 fully saturated rings. The summed E-state index contributed by atoms with van der Waals surface area (Å²) in [5.41, 5.74) is 1.94. The quantitative estimate of drug-likeness (QED) is 0.203. The smallest absolute Gasteiger partial charge is 0.192 e. The molecule has 7 heteroatoms. The second-order valence-electron chi connectivity index (χ2n) is 7.03. The molecule has 0 amide bonds. The molecule has 156 valence electrons. The fraction of sp³-hybridized carbons (Fsp3) is 0.261. The van der Waals surface area contributed by atoms with Gasteiger partial charge in [0.15, 0.2) is 16.8 Å². The van der Waals surface area contributed by atoms with Gasteiger partial charge in [0.2, 0.25) is 0 Å². The molecule has 0 unspecified atom stereocenters. The average molecular weight is 486 g/mol. The molecule has 0 spiro atoms. The van der Waals surface area contributed by atoms with Crippen LogP contribution in [0, 0.1) is 0 Å². The highest BCUT2D eigenvalue weighted by Crippen LogP contribution is 2.22. The molecule has 5 nitrogen and oxygen atoms in total. The van der Waals surface area contributed by atoms with Crippen molar-refractivity contribution in [3.63, 3.8) is 0 Å². The standard InChI is InChI=1S/C23H24BrN3O2S/c1-4-13-27-22(14-29-20-11-7-17(8-12-20)16(2)3)25-26-23(27)30-15-21(28)18-5-9-19(24)10-6-18/h4-12,16H,1,13-15H2,2-3H3. The van der Waals surface area contributed by atoms with Gasteiger partial charge in [0.1, 0.15) is 12.4 Å². The Balaban J connectivity index is 1.64. The van der Waals surface area contributed by atoms with E-state index in [-0.39, 0.29) is 11.5 Å². The molecule has 1 heterocycles. The third kappa shape index (κ3) is 5.83. The molecule has 0 radical (unpaired) electrons. The lowest BCUT2D eigenvalue weighted by molar-refractivity contribution is 0.102. The predicted octanol–water partition coefficient (Wildman–Crippen LogP) is 5.90.